The Balaban J connectivity index is 1.72. The molecule has 208 valence electrons. The van der Waals surface area contributed by atoms with Gasteiger partial charge in [0.05, 0.1) is 19.6 Å². The molecule has 1 saturated heterocycles. The molecular weight excluding hydrogens is 482 g/mol. The van der Waals surface area contributed by atoms with Crippen molar-refractivity contribution in [2.45, 2.75) is 83.8 Å². The van der Waals surface area contributed by atoms with Crippen molar-refractivity contribution in [1.82, 2.24) is 4.90 Å². The van der Waals surface area contributed by atoms with Gasteiger partial charge in [-0.3, -0.25) is 4.79 Å². The number of amides is 1. The van der Waals surface area contributed by atoms with Crippen LogP contribution in [0.4, 0.5) is 4.79 Å². The van der Waals surface area contributed by atoms with Crippen LogP contribution in [0.15, 0.2) is 48.5 Å². The Morgan fingerprint density at radius 1 is 0.895 bits per heavy atom. The molecule has 2 aromatic rings. The van der Waals surface area contributed by atoms with Gasteiger partial charge in [0.25, 0.3) is 0 Å². The summed E-state index contributed by atoms with van der Waals surface area (Å²) in [6, 6.07) is 15.9. The van der Waals surface area contributed by atoms with Crippen molar-refractivity contribution in [3.05, 3.63) is 65.2 Å². The summed E-state index contributed by atoms with van der Waals surface area (Å²) in [4.78, 5) is 26.4. The summed E-state index contributed by atoms with van der Waals surface area (Å²) in [5.41, 5.74) is 1.53. The van der Waals surface area contributed by atoms with E-state index in [1.165, 1.54) is 0 Å². The van der Waals surface area contributed by atoms with E-state index in [1.54, 1.807) is 11.0 Å². The highest BCUT2D eigenvalue weighted by Crippen LogP contribution is 2.45. The molecule has 7 heteroatoms. The van der Waals surface area contributed by atoms with Crippen LogP contribution in [-0.4, -0.2) is 59.6 Å². The highest BCUT2D eigenvalue weighted by atomic mass is 16.6. The zero-order chi connectivity index (χ0) is 28.0. The molecule has 0 bridgehead atoms. The summed E-state index contributed by atoms with van der Waals surface area (Å²) in [5, 5.41) is 11.0. The van der Waals surface area contributed by atoms with Gasteiger partial charge in [0, 0.05) is 24.1 Å². The highest BCUT2D eigenvalue weighted by Gasteiger charge is 2.41. The maximum atomic E-state index is 12.7. The van der Waals surface area contributed by atoms with Crippen LogP contribution in [0.5, 0.6) is 5.75 Å². The molecule has 1 aliphatic heterocycles. The predicted octanol–water partition coefficient (Wildman–Crippen LogP) is 6.00. The van der Waals surface area contributed by atoms with E-state index >= 15 is 0 Å². The fourth-order valence-electron chi connectivity index (χ4n) is 4.83. The van der Waals surface area contributed by atoms with E-state index in [4.69, 9.17) is 14.2 Å². The minimum atomic E-state index is -0.549. The van der Waals surface area contributed by atoms with Gasteiger partial charge < -0.3 is 24.2 Å². The molecule has 0 aliphatic carbocycles. The normalized spacial score (nSPS) is 15.7. The number of nitrogens with zero attached hydrogens (tertiary/aromatic N) is 1. The minimum Gasteiger partial charge on any atom is -0.508 e. The van der Waals surface area contributed by atoms with E-state index in [1.807, 2.05) is 65.8 Å². The number of esters is 1. The second-order valence-corrected chi connectivity index (χ2v) is 12.0. The number of hydrogen-bond donors (Lipinski definition) is 1. The van der Waals surface area contributed by atoms with Crippen LogP contribution in [-0.2, 0) is 30.8 Å². The Kier molecular flexibility index (Phi) is 9.47. The second kappa shape index (κ2) is 12.2. The van der Waals surface area contributed by atoms with E-state index in [9.17, 15) is 14.7 Å². The number of hydrogen-bond acceptors (Lipinski definition) is 6. The van der Waals surface area contributed by atoms with Gasteiger partial charge in [-0.05, 0) is 78.0 Å². The van der Waals surface area contributed by atoms with Crippen molar-refractivity contribution in [1.29, 1.82) is 0 Å². The smallest absolute Gasteiger partial charge is 0.410 e. The lowest BCUT2D eigenvalue weighted by Gasteiger charge is -2.43. The van der Waals surface area contributed by atoms with E-state index in [2.05, 4.69) is 18.2 Å². The Morgan fingerprint density at radius 3 is 2.13 bits per heavy atom. The van der Waals surface area contributed by atoms with Crippen LogP contribution in [0.2, 0.25) is 0 Å². The third kappa shape index (κ3) is 8.22. The fourth-order valence-corrected chi connectivity index (χ4v) is 4.83. The Morgan fingerprint density at radius 2 is 1.53 bits per heavy atom. The topological polar surface area (TPSA) is 85.3 Å². The lowest BCUT2D eigenvalue weighted by molar-refractivity contribution is -0.156. The van der Waals surface area contributed by atoms with Crippen LogP contribution in [0, 0.1) is 0 Å². The number of carbonyl (C=O) groups is 2. The van der Waals surface area contributed by atoms with Gasteiger partial charge in [-0.15, -0.1) is 0 Å². The minimum absolute atomic E-state index is 0.212. The zero-order valence-corrected chi connectivity index (χ0v) is 23.7. The van der Waals surface area contributed by atoms with Crippen LogP contribution in [0.1, 0.15) is 77.5 Å². The third-order valence-electron chi connectivity index (χ3n) is 6.58. The number of piperidine rings is 1. The standard InChI is InChI=1S/C31H43NO6/c1-29(2,3)37-27(34)15-21-36-20-14-23-12-13-26(33)25(22-23)31(24-10-8-7-9-11-24)16-18-32(19-17-31)28(35)38-30(4,5)6/h7-13,22,33H,14-21H2,1-6H3. The number of ether oxygens (including phenoxy) is 3. The van der Waals surface area contributed by atoms with E-state index in [0.29, 0.717) is 45.6 Å². The maximum absolute atomic E-state index is 12.7. The molecule has 0 saturated carbocycles. The first kappa shape index (κ1) is 29.5. The third-order valence-corrected chi connectivity index (χ3v) is 6.58. The average Bonchev–Trinajstić information content (AvgIpc) is 2.83. The Labute approximate surface area is 227 Å². The highest BCUT2D eigenvalue weighted by molar-refractivity contribution is 5.70. The van der Waals surface area contributed by atoms with E-state index in [0.717, 1.165) is 16.7 Å². The summed E-state index contributed by atoms with van der Waals surface area (Å²) in [6.07, 6.45) is 1.89. The van der Waals surface area contributed by atoms with Crippen LogP contribution in [0.3, 0.4) is 0 Å². The molecule has 0 radical (unpaired) electrons. The van der Waals surface area contributed by atoms with Crippen LogP contribution in [0.25, 0.3) is 0 Å². The molecular formula is C31H43NO6. The number of benzene rings is 2. The molecule has 1 amide bonds. The Hall–Kier alpha value is -3.06. The number of phenols is 1. The molecule has 0 atom stereocenters. The maximum Gasteiger partial charge on any atom is 0.410 e. The fraction of sp³-hybridized carbons (Fsp3) is 0.548. The molecule has 0 aromatic heterocycles. The van der Waals surface area contributed by atoms with Gasteiger partial charge in [-0.25, -0.2) is 4.79 Å². The number of rotatable bonds is 8. The molecule has 3 rings (SSSR count). The molecule has 7 nitrogen and oxygen atoms in total. The van der Waals surface area contributed by atoms with E-state index < -0.39 is 16.6 Å². The Bertz CT molecular complexity index is 1080. The monoisotopic (exact) mass is 525 g/mol. The number of carbonyl (C=O) groups excluding carboxylic acids is 2. The SMILES string of the molecule is CC(C)(C)OC(=O)CCOCCc1ccc(O)c(C2(c3ccccc3)CCN(C(=O)OC(C)(C)C)CC2)c1. The first-order chi connectivity index (χ1) is 17.8. The molecule has 2 aromatic carbocycles. The van der Waals surface area contributed by atoms with Gasteiger partial charge in [-0.2, -0.15) is 0 Å². The van der Waals surface area contributed by atoms with Crippen molar-refractivity contribution in [3.63, 3.8) is 0 Å². The molecule has 1 aliphatic rings. The number of phenolic OH excluding ortho intramolecular Hbond substituents is 1. The average molecular weight is 526 g/mol. The summed E-state index contributed by atoms with van der Waals surface area (Å²) in [5.74, 6) is -0.0267. The number of likely N-dealkylation sites (tertiary alicyclic amines) is 1. The number of aromatic hydroxyl groups is 1. The zero-order valence-electron chi connectivity index (χ0n) is 23.7. The predicted molar refractivity (Wildman–Crippen MR) is 147 cm³/mol. The summed E-state index contributed by atoms with van der Waals surface area (Å²) in [6.45, 7) is 13.0. The molecule has 0 unspecified atom stereocenters. The summed E-state index contributed by atoms with van der Waals surface area (Å²) >= 11 is 0. The van der Waals surface area contributed by atoms with Crippen LogP contribution >= 0.6 is 0 Å². The summed E-state index contributed by atoms with van der Waals surface area (Å²) < 4.78 is 16.6. The largest absolute Gasteiger partial charge is 0.508 e. The second-order valence-electron chi connectivity index (χ2n) is 12.0. The quantitative estimate of drug-likeness (QED) is 0.336. The van der Waals surface area contributed by atoms with Gasteiger partial charge >= 0.3 is 12.1 Å². The first-order valence-corrected chi connectivity index (χ1v) is 13.4. The first-order valence-electron chi connectivity index (χ1n) is 13.4. The molecule has 1 heterocycles. The van der Waals surface area contributed by atoms with Gasteiger partial charge in [0.2, 0.25) is 0 Å². The lowest BCUT2D eigenvalue weighted by Crippen LogP contribution is -2.47. The van der Waals surface area contributed by atoms with Crippen molar-refractivity contribution in [3.8, 4) is 5.75 Å². The summed E-state index contributed by atoms with van der Waals surface area (Å²) in [7, 11) is 0. The van der Waals surface area contributed by atoms with E-state index in [-0.39, 0.29) is 24.2 Å². The van der Waals surface area contributed by atoms with Gasteiger partial charge in [0.15, 0.2) is 0 Å². The molecule has 0 spiro atoms. The molecule has 38 heavy (non-hydrogen) atoms. The molecule has 1 fully saturated rings. The molecule has 1 N–H and O–H groups in total. The van der Waals surface area contributed by atoms with Crippen molar-refractivity contribution >= 4 is 12.1 Å². The van der Waals surface area contributed by atoms with Gasteiger partial charge in [0.1, 0.15) is 17.0 Å². The van der Waals surface area contributed by atoms with Crippen molar-refractivity contribution in [2.24, 2.45) is 0 Å². The van der Waals surface area contributed by atoms with Gasteiger partial charge in [-0.1, -0.05) is 42.5 Å². The van der Waals surface area contributed by atoms with Crippen LogP contribution < -0.4 is 0 Å². The van der Waals surface area contributed by atoms with Crippen molar-refractivity contribution < 1.29 is 28.9 Å². The van der Waals surface area contributed by atoms with Crippen molar-refractivity contribution in [2.75, 3.05) is 26.3 Å². The lowest BCUT2D eigenvalue weighted by atomic mass is 9.67.